The number of hydrogen-bond acceptors (Lipinski definition) is 2. The van der Waals surface area contributed by atoms with Crippen LogP contribution in [0.2, 0.25) is 0 Å². The molecule has 1 aromatic rings. The van der Waals surface area contributed by atoms with E-state index in [2.05, 4.69) is 5.32 Å². The van der Waals surface area contributed by atoms with Crippen LogP contribution in [0.1, 0.15) is 34.7 Å². The van der Waals surface area contributed by atoms with E-state index in [1.807, 2.05) is 0 Å². The smallest absolute Gasteiger partial charge is 0.308 e. The van der Waals surface area contributed by atoms with Crippen molar-refractivity contribution in [1.82, 2.24) is 5.32 Å². The lowest BCUT2D eigenvalue weighted by atomic mass is 9.95. The van der Waals surface area contributed by atoms with Crippen molar-refractivity contribution in [2.24, 2.45) is 5.92 Å². The lowest BCUT2D eigenvalue weighted by Gasteiger charge is -2.31. The molecular formula is C13H17F6NS. The first-order chi connectivity index (χ1) is 9.48. The molecule has 1 heterocycles. The van der Waals surface area contributed by atoms with Gasteiger partial charge in [0.05, 0.1) is 6.04 Å². The molecule has 0 spiro atoms. The SMILES string of the molecule is CCCNC(c1sc(C)cc1C)C(C(F)(F)F)C(F)(F)F. The summed E-state index contributed by atoms with van der Waals surface area (Å²) in [7, 11) is 0. The second-order valence-electron chi connectivity index (χ2n) is 4.90. The average Bonchev–Trinajstić information content (AvgIpc) is 2.59. The molecule has 0 fully saturated rings. The molecule has 0 saturated heterocycles. The van der Waals surface area contributed by atoms with Crippen molar-refractivity contribution in [3.63, 3.8) is 0 Å². The molecule has 1 unspecified atom stereocenters. The van der Waals surface area contributed by atoms with Gasteiger partial charge in [-0.05, 0) is 38.4 Å². The summed E-state index contributed by atoms with van der Waals surface area (Å²) in [6.07, 6.45) is -10.3. The van der Waals surface area contributed by atoms with E-state index in [4.69, 9.17) is 0 Å². The van der Waals surface area contributed by atoms with Crippen LogP contribution >= 0.6 is 11.3 Å². The molecule has 1 N–H and O–H groups in total. The van der Waals surface area contributed by atoms with Crippen LogP contribution < -0.4 is 5.32 Å². The van der Waals surface area contributed by atoms with Gasteiger partial charge in [-0.3, -0.25) is 0 Å². The standard InChI is InChI=1S/C13H17F6NS/c1-4-5-20-9(10-7(2)6-8(3)21-10)11(12(14,15)16)13(17,18)19/h6,9,11,20H,4-5H2,1-3H3. The van der Waals surface area contributed by atoms with Crippen molar-refractivity contribution in [3.8, 4) is 0 Å². The van der Waals surface area contributed by atoms with Crippen molar-refractivity contribution in [3.05, 3.63) is 21.4 Å². The van der Waals surface area contributed by atoms with Crippen LogP contribution in [0.5, 0.6) is 0 Å². The second-order valence-corrected chi connectivity index (χ2v) is 6.18. The van der Waals surface area contributed by atoms with Gasteiger partial charge < -0.3 is 5.32 Å². The van der Waals surface area contributed by atoms with Gasteiger partial charge >= 0.3 is 12.4 Å². The Morgan fingerprint density at radius 1 is 1.10 bits per heavy atom. The van der Waals surface area contributed by atoms with Crippen LogP contribution in [0.25, 0.3) is 0 Å². The van der Waals surface area contributed by atoms with Crippen LogP contribution in [0.15, 0.2) is 6.07 Å². The summed E-state index contributed by atoms with van der Waals surface area (Å²) in [6, 6.07) is -0.201. The Kier molecular flexibility index (Phi) is 5.71. The molecule has 0 aliphatic carbocycles. The molecule has 1 atom stereocenters. The Labute approximate surface area is 123 Å². The van der Waals surface area contributed by atoms with Crippen LogP contribution in [0.4, 0.5) is 26.3 Å². The molecule has 0 radical (unpaired) electrons. The maximum Gasteiger partial charge on any atom is 0.402 e. The van der Waals surface area contributed by atoms with Gasteiger partial charge in [-0.1, -0.05) is 6.92 Å². The molecule has 0 aliphatic rings. The third kappa shape index (κ3) is 4.60. The van der Waals surface area contributed by atoms with Crippen LogP contribution in [0.3, 0.4) is 0 Å². The predicted molar refractivity (Wildman–Crippen MR) is 70.4 cm³/mol. The Bertz CT molecular complexity index is 448. The third-order valence-electron chi connectivity index (χ3n) is 3.01. The van der Waals surface area contributed by atoms with E-state index in [1.54, 1.807) is 19.9 Å². The van der Waals surface area contributed by atoms with E-state index in [0.29, 0.717) is 16.9 Å². The molecule has 122 valence electrons. The summed E-state index contributed by atoms with van der Waals surface area (Å²) < 4.78 is 77.8. The van der Waals surface area contributed by atoms with E-state index in [-0.39, 0.29) is 11.4 Å². The fourth-order valence-electron chi connectivity index (χ4n) is 2.19. The summed E-state index contributed by atoms with van der Waals surface area (Å²) in [5, 5.41) is 2.42. The largest absolute Gasteiger partial charge is 0.402 e. The number of hydrogen-bond donors (Lipinski definition) is 1. The van der Waals surface area contributed by atoms with E-state index >= 15 is 0 Å². The minimum absolute atomic E-state index is 0.0870. The van der Waals surface area contributed by atoms with E-state index in [9.17, 15) is 26.3 Å². The van der Waals surface area contributed by atoms with Crippen molar-refractivity contribution >= 4 is 11.3 Å². The Hall–Kier alpha value is -0.760. The van der Waals surface area contributed by atoms with Crippen LogP contribution in [-0.4, -0.2) is 18.9 Å². The highest BCUT2D eigenvalue weighted by Gasteiger charge is 2.60. The number of alkyl halides is 6. The molecule has 8 heteroatoms. The molecule has 0 bridgehead atoms. The third-order valence-corrected chi connectivity index (χ3v) is 4.25. The summed E-state index contributed by atoms with van der Waals surface area (Å²) in [5.41, 5.74) is 0.449. The molecule has 0 saturated carbocycles. The lowest BCUT2D eigenvalue weighted by molar-refractivity contribution is -0.292. The first-order valence-corrected chi connectivity index (χ1v) is 7.23. The average molecular weight is 333 g/mol. The van der Waals surface area contributed by atoms with Gasteiger partial charge in [-0.25, -0.2) is 0 Å². The summed E-state index contributed by atoms with van der Waals surface area (Å²) in [5.74, 6) is -3.41. The zero-order chi connectivity index (χ0) is 16.4. The van der Waals surface area contributed by atoms with Gasteiger partial charge in [0, 0.05) is 9.75 Å². The lowest BCUT2D eigenvalue weighted by Crippen LogP contribution is -2.46. The predicted octanol–water partition coefficient (Wildman–Crippen LogP) is 5.15. The number of thiophene rings is 1. The fourth-order valence-corrected chi connectivity index (χ4v) is 3.34. The van der Waals surface area contributed by atoms with Gasteiger partial charge in [0.25, 0.3) is 0 Å². The van der Waals surface area contributed by atoms with E-state index in [1.165, 1.54) is 6.92 Å². The summed E-state index contributed by atoms with van der Waals surface area (Å²) >= 11 is 0.971. The second kappa shape index (κ2) is 6.56. The van der Waals surface area contributed by atoms with Gasteiger partial charge in [-0.2, -0.15) is 26.3 Å². The monoisotopic (exact) mass is 333 g/mol. The number of rotatable bonds is 5. The highest BCUT2D eigenvalue weighted by molar-refractivity contribution is 7.12. The minimum atomic E-state index is -5.35. The maximum atomic E-state index is 13.0. The molecule has 0 aromatic carbocycles. The van der Waals surface area contributed by atoms with Gasteiger partial charge in [0.1, 0.15) is 0 Å². The molecule has 1 nitrogen and oxygen atoms in total. The number of halogens is 6. The molecule has 1 aromatic heterocycles. The zero-order valence-corrected chi connectivity index (χ0v) is 12.6. The van der Waals surface area contributed by atoms with Crippen LogP contribution in [-0.2, 0) is 0 Å². The van der Waals surface area contributed by atoms with Gasteiger partial charge in [0.15, 0.2) is 5.92 Å². The Morgan fingerprint density at radius 3 is 1.95 bits per heavy atom. The van der Waals surface area contributed by atoms with Crippen molar-refractivity contribution in [1.29, 1.82) is 0 Å². The van der Waals surface area contributed by atoms with Crippen molar-refractivity contribution < 1.29 is 26.3 Å². The molecule has 0 aliphatic heterocycles. The Morgan fingerprint density at radius 2 is 1.62 bits per heavy atom. The minimum Gasteiger partial charge on any atom is -0.308 e. The molecule has 0 amide bonds. The summed E-state index contributed by atoms with van der Waals surface area (Å²) in [4.78, 5) is 0.787. The maximum absolute atomic E-state index is 13.0. The Balaban J connectivity index is 3.30. The van der Waals surface area contributed by atoms with Gasteiger partial charge in [0.2, 0.25) is 0 Å². The highest BCUT2D eigenvalue weighted by atomic mass is 32.1. The van der Waals surface area contributed by atoms with Crippen molar-refractivity contribution in [2.75, 3.05) is 6.54 Å². The topological polar surface area (TPSA) is 12.0 Å². The normalized spacial score (nSPS) is 14.8. The summed E-state index contributed by atoms with van der Waals surface area (Å²) in [6.45, 7) is 4.97. The molecule has 21 heavy (non-hydrogen) atoms. The highest BCUT2D eigenvalue weighted by Crippen LogP contribution is 2.48. The first kappa shape index (κ1) is 18.3. The number of aryl methyl sites for hydroxylation is 2. The number of nitrogens with one attached hydrogen (secondary N) is 1. The fraction of sp³-hybridized carbons (Fsp3) is 0.692. The van der Waals surface area contributed by atoms with Crippen molar-refractivity contribution in [2.45, 2.75) is 45.6 Å². The van der Waals surface area contributed by atoms with E-state index in [0.717, 1.165) is 11.3 Å². The van der Waals surface area contributed by atoms with Crippen LogP contribution in [0, 0.1) is 19.8 Å². The zero-order valence-electron chi connectivity index (χ0n) is 11.8. The first-order valence-electron chi connectivity index (χ1n) is 6.42. The molecular weight excluding hydrogens is 316 g/mol. The molecule has 1 rings (SSSR count). The van der Waals surface area contributed by atoms with Gasteiger partial charge in [-0.15, -0.1) is 11.3 Å². The quantitative estimate of drug-likeness (QED) is 0.735. The van der Waals surface area contributed by atoms with E-state index < -0.39 is 24.3 Å².